The van der Waals surface area contributed by atoms with E-state index in [1.54, 1.807) is 0 Å². The van der Waals surface area contributed by atoms with E-state index in [1.165, 1.54) is 58.7 Å². The molecule has 4 heterocycles. The Morgan fingerprint density at radius 3 is 1.74 bits per heavy atom. The molecule has 4 aliphatic rings. The molecule has 2 aliphatic heterocycles. The monoisotopic (exact) mass is 498 g/mol. The van der Waals surface area contributed by atoms with Gasteiger partial charge in [-0.1, -0.05) is 60.7 Å². The van der Waals surface area contributed by atoms with Crippen LogP contribution < -0.4 is 10.6 Å². The van der Waals surface area contributed by atoms with Gasteiger partial charge in [0.2, 0.25) is 0 Å². The van der Waals surface area contributed by atoms with Crippen molar-refractivity contribution in [3.63, 3.8) is 0 Å². The average Bonchev–Trinajstić information content (AvgIpc) is 3.52. The minimum Gasteiger partial charge on any atom is -0.341 e. The van der Waals surface area contributed by atoms with E-state index in [2.05, 4.69) is 81.3 Å². The van der Waals surface area contributed by atoms with Crippen LogP contribution in [0.5, 0.6) is 0 Å². The molecule has 4 N–H and O–H groups in total. The van der Waals surface area contributed by atoms with Crippen molar-refractivity contribution in [3.8, 4) is 33.6 Å². The lowest BCUT2D eigenvalue weighted by molar-refractivity contribution is 0.543. The van der Waals surface area contributed by atoms with Crippen LogP contribution in [0.1, 0.15) is 49.4 Å². The molecule has 0 amide bonds. The van der Waals surface area contributed by atoms with Crippen molar-refractivity contribution in [2.24, 2.45) is 11.8 Å². The van der Waals surface area contributed by atoms with Crippen molar-refractivity contribution in [1.29, 1.82) is 0 Å². The summed E-state index contributed by atoms with van der Waals surface area (Å²) in [6, 6.07) is 24.2. The van der Waals surface area contributed by atoms with Gasteiger partial charge in [-0.2, -0.15) is 0 Å². The Bertz CT molecular complexity index is 1660. The van der Waals surface area contributed by atoms with Crippen molar-refractivity contribution in [2.45, 2.75) is 49.9 Å². The molecule has 0 radical (unpaired) electrons. The van der Waals surface area contributed by atoms with Gasteiger partial charge in [0.25, 0.3) is 0 Å². The summed E-state index contributed by atoms with van der Waals surface area (Å²) in [5.74, 6) is 3.85. The lowest BCUT2D eigenvalue weighted by Gasteiger charge is -2.12. The van der Waals surface area contributed by atoms with E-state index >= 15 is 0 Å². The van der Waals surface area contributed by atoms with Gasteiger partial charge in [0.05, 0.1) is 35.9 Å². The molecule has 0 unspecified atom stereocenters. The number of benzene rings is 3. The Labute approximate surface area is 221 Å². The zero-order chi connectivity index (χ0) is 24.8. The minimum atomic E-state index is 0.363. The van der Waals surface area contributed by atoms with Gasteiger partial charge in [-0.05, 0) is 65.0 Å². The summed E-state index contributed by atoms with van der Waals surface area (Å²) in [6.07, 6.45) is 9.05. The highest BCUT2D eigenvalue weighted by atomic mass is 15.1. The summed E-state index contributed by atoms with van der Waals surface area (Å²) in [7, 11) is 0. The second-order valence-electron chi connectivity index (χ2n) is 11.8. The predicted octanol–water partition coefficient (Wildman–Crippen LogP) is 6.13. The van der Waals surface area contributed by atoms with Gasteiger partial charge in [0.1, 0.15) is 11.6 Å². The van der Waals surface area contributed by atoms with E-state index in [-0.39, 0.29) is 0 Å². The standard InChI is InChI=1S/C32H30N6/c1-3-21(17-7-9-18(10-8-17)29-15-33-31(37-29)27-13-19-11-25(19)35-27)22-4-2-6-24(23(22)5-1)30-16-34-32(38-30)28-14-20-12-26(20)36-28/h1-10,15-16,19-20,25-28,35-36H,11-14H2,(H,33,37)(H,34,38)/t19-,20+,25-,26-,27+,28+/m1/s1. The molecule has 188 valence electrons. The van der Waals surface area contributed by atoms with Gasteiger partial charge in [0.15, 0.2) is 0 Å². The molecule has 6 atom stereocenters. The van der Waals surface area contributed by atoms with Crippen LogP contribution in [-0.2, 0) is 0 Å². The minimum absolute atomic E-state index is 0.363. The third-order valence-electron chi connectivity index (χ3n) is 9.32. The van der Waals surface area contributed by atoms with Crippen molar-refractivity contribution < 1.29 is 0 Å². The predicted molar refractivity (Wildman–Crippen MR) is 149 cm³/mol. The number of rotatable bonds is 5. The highest BCUT2D eigenvalue weighted by Crippen LogP contribution is 2.46. The molecule has 6 heteroatoms. The zero-order valence-electron chi connectivity index (χ0n) is 21.1. The quantitative estimate of drug-likeness (QED) is 0.235. The third kappa shape index (κ3) is 3.40. The molecule has 5 aromatic rings. The maximum absolute atomic E-state index is 4.76. The molecule has 0 bridgehead atoms. The molecule has 9 rings (SSSR count). The number of nitrogens with one attached hydrogen (secondary N) is 4. The fraction of sp³-hybridized carbons (Fsp3) is 0.312. The Morgan fingerprint density at radius 1 is 0.553 bits per heavy atom. The van der Waals surface area contributed by atoms with E-state index in [0.29, 0.717) is 18.1 Å². The van der Waals surface area contributed by atoms with Crippen molar-refractivity contribution in [2.75, 3.05) is 0 Å². The van der Waals surface area contributed by atoms with E-state index in [4.69, 9.17) is 9.97 Å². The van der Waals surface area contributed by atoms with Gasteiger partial charge in [-0.3, -0.25) is 0 Å². The molecule has 3 aromatic carbocycles. The maximum Gasteiger partial charge on any atom is 0.123 e. The second-order valence-corrected chi connectivity index (χ2v) is 11.8. The van der Waals surface area contributed by atoms with Crippen LogP contribution >= 0.6 is 0 Å². The first-order valence-corrected chi connectivity index (χ1v) is 14.0. The second kappa shape index (κ2) is 7.88. The summed E-state index contributed by atoms with van der Waals surface area (Å²) >= 11 is 0. The lowest BCUT2D eigenvalue weighted by atomic mass is 9.94. The van der Waals surface area contributed by atoms with Gasteiger partial charge in [-0.25, -0.2) is 9.97 Å². The lowest BCUT2D eigenvalue weighted by Crippen LogP contribution is -2.18. The summed E-state index contributed by atoms with van der Waals surface area (Å²) < 4.78 is 0. The topological polar surface area (TPSA) is 81.4 Å². The molecule has 2 aliphatic carbocycles. The molecule has 6 nitrogen and oxygen atoms in total. The fourth-order valence-electron chi connectivity index (χ4n) is 7.00. The number of piperidine rings is 2. The van der Waals surface area contributed by atoms with Gasteiger partial charge in [0, 0.05) is 17.6 Å². The van der Waals surface area contributed by atoms with Crippen LogP contribution in [0.25, 0.3) is 44.4 Å². The van der Waals surface area contributed by atoms with Gasteiger partial charge < -0.3 is 20.6 Å². The number of hydrogen-bond donors (Lipinski definition) is 4. The van der Waals surface area contributed by atoms with Gasteiger partial charge in [-0.15, -0.1) is 0 Å². The van der Waals surface area contributed by atoms with Gasteiger partial charge >= 0.3 is 0 Å². The van der Waals surface area contributed by atoms with Crippen molar-refractivity contribution >= 4 is 10.8 Å². The normalized spacial score (nSPS) is 28.9. The summed E-state index contributed by atoms with van der Waals surface area (Å²) in [4.78, 5) is 16.6. The molecule has 2 saturated carbocycles. The Kier molecular flexibility index (Phi) is 4.40. The number of aromatic nitrogens is 4. The molecule has 4 fully saturated rings. The zero-order valence-corrected chi connectivity index (χ0v) is 21.1. The Balaban J connectivity index is 1.01. The third-order valence-corrected chi connectivity index (χ3v) is 9.32. The van der Waals surface area contributed by atoms with E-state index in [0.717, 1.165) is 40.9 Å². The van der Waals surface area contributed by atoms with Crippen LogP contribution in [-0.4, -0.2) is 32.0 Å². The van der Waals surface area contributed by atoms with Crippen LogP contribution in [0.2, 0.25) is 0 Å². The van der Waals surface area contributed by atoms with Crippen LogP contribution in [0.4, 0.5) is 0 Å². The molecule has 2 saturated heterocycles. The number of imidazole rings is 2. The summed E-state index contributed by atoms with van der Waals surface area (Å²) in [5.41, 5.74) is 7.00. The molecule has 2 aromatic heterocycles. The first-order chi connectivity index (χ1) is 18.8. The average molecular weight is 499 g/mol. The number of nitrogens with zero attached hydrogens (tertiary/aromatic N) is 2. The summed E-state index contributed by atoms with van der Waals surface area (Å²) in [6.45, 7) is 0. The SMILES string of the molecule is c1cc(-c2cnc([C@@H]3C[C@@H]4C[C@H]4N3)[nH]2)c2cccc(-c3ccc(-c4cnc([C@@H]5C[C@H]6C[C@H]6N5)[nH]4)cc3)c2c1. The first kappa shape index (κ1) is 21.2. The Morgan fingerprint density at radius 2 is 1.11 bits per heavy atom. The number of hydrogen-bond acceptors (Lipinski definition) is 4. The molecular formula is C32H30N6. The van der Waals surface area contributed by atoms with Crippen LogP contribution in [0.3, 0.4) is 0 Å². The van der Waals surface area contributed by atoms with E-state index in [9.17, 15) is 0 Å². The van der Waals surface area contributed by atoms with Crippen LogP contribution in [0.15, 0.2) is 73.1 Å². The summed E-state index contributed by atoms with van der Waals surface area (Å²) in [5, 5.41) is 9.89. The fourth-order valence-corrected chi connectivity index (χ4v) is 7.00. The molecular weight excluding hydrogens is 468 g/mol. The number of aromatic amines is 2. The highest BCUT2D eigenvalue weighted by molar-refractivity contribution is 6.04. The maximum atomic E-state index is 4.76. The smallest absolute Gasteiger partial charge is 0.123 e. The Hall–Kier alpha value is -3.74. The molecule has 0 spiro atoms. The van der Waals surface area contributed by atoms with E-state index < -0.39 is 0 Å². The number of fused-ring (bicyclic) bond motifs is 3. The molecule has 38 heavy (non-hydrogen) atoms. The number of H-pyrrole nitrogens is 2. The van der Waals surface area contributed by atoms with Crippen molar-refractivity contribution in [1.82, 2.24) is 30.6 Å². The largest absolute Gasteiger partial charge is 0.341 e. The highest BCUT2D eigenvalue weighted by Gasteiger charge is 2.47. The van der Waals surface area contributed by atoms with Crippen molar-refractivity contribution in [3.05, 3.63) is 84.7 Å². The van der Waals surface area contributed by atoms with E-state index in [1.807, 2.05) is 12.4 Å². The van der Waals surface area contributed by atoms with Crippen LogP contribution in [0, 0.1) is 11.8 Å². The first-order valence-electron chi connectivity index (χ1n) is 14.0.